The minimum Gasteiger partial charge on any atom is -1.00 e. The quantitative estimate of drug-likeness (QED) is 0.296. The average molecular weight is 437 g/mol. The first kappa shape index (κ1) is 24.9. The second kappa shape index (κ2) is 12.4. The highest BCUT2D eigenvalue weighted by molar-refractivity contribution is 6.30. The number of aliphatic hydroxyl groups is 1. The third-order valence-corrected chi connectivity index (χ3v) is 4.34. The summed E-state index contributed by atoms with van der Waals surface area (Å²) in [6.45, 7) is 4.73. The van der Waals surface area contributed by atoms with Gasteiger partial charge in [0, 0.05) is 22.3 Å². The lowest BCUT2D eigenvalue weighted by Gasteiger charge is -2.10. The van der Waals surface area contributed by atoms with E-state index in [1.54, 1.807) is 48.5 Å². The molecule has 0 aliphatic carbocycles. The minimum atomic E-state index is -0.610. The van der Waals surface area contributed by atoms with E-state index in [-0.39, 0.29) is 24.1 Å². The molecule has 0 aliphatic heterocycles. The van der Waals surface area contributed by atoms with Gasteiger partial charge in [-0.1, -0.05) is 41.4 Å². The molecule has 2 aromatic rings. The van der Waals surface area contributed by atoms with Crippen LogP contribution in [0.1, 0.15) is 42.3 Å². The van der Waals surface area contributed by atoms with Crippen LogP contribution in [0, 0.1) is 0 Å². The summed E-state index contributed by atoms with van der Waals surface area (Å²) in [5.41, 5.74) is 2.85. The molecule has 1 atom stereocenters. The number of nitrogens with two attached hydrogens (primary N) is 1. The van der Waals surface area contributed by atoms with Crippen molar-refractivity contribution >= 4 is 29.0 Å². The third-order valence-electron chi connectivity index (χ3n) is 4.09. The van der Waals surface area contributed by atoms with Gasteiger partial charge in [0.15, 0.2) is 5.78 Å². The molecule has 0 spiro atoms. The van der Waals surface area contributed by atoms with E-state index in [2.05, 4.69) is 5.32 Å². The smallest absolute Gasteiger partial charge is 0.248 e. The number of quaternary nitrogens is 1. The zero-order chi connectivity index (χ0) is 20.5. The van der Waals surface area contributed by atoms with Crippen LogP contribution >= 0.6 is 11.6 Å². The summed E-state index contributed by atoms with van der Waals surface area (Å²) in [5.74, 6) is -0.218. The lowest BCUT2D eigenvalue weighted by Crippen LogP contribution is -3.00. The third kappa shape index (κ3) is 8.79. The van der Waals surface area contributed by atoms with Crippen LogP contribution in [-0.2, 0) is 4.79 Å². The number of halogens is 2. The Hall–Kier alpha value is -2.18. The van der Waals surface area contributed by atoms with Crippen molar-refractivity contribution in [2.45, 2.75) is 26.4 Å². The summed E-state index contributed by atoms with van der Waals surface area (Å²) in [4.78, 5) is 24.2. The van der Waals surface area contributed by atoms with Gasteiger partial charge in [0.2, 0.25) is 5.91 Å². The fraction of sp³-hybridized carbons (Fsp3) is 0.273. The maximum Gasteiger partial charge on any atom is 0.248 e. The number of ketones is 1. The molecule has 2 rings (SSSR count). The van der Waals surface area contributed by atoms with Gasteiger partial charge >= 0.3 is 0 Å². The zero-order valence-corrected chi connectivity index (χ0v) is 18.0. The number of benzene rings is 2. The Kier molecular flexibility index (Phi) is 10.6. The van der Waals surface area contributed by atoms with Gasteiger partial charge in [-0.15, -0.1) is 0 Å². The number of aliphatic hydroxyl groups excluding tert-OH is 1. The first-order chi connectivity index (χ1) is 13.3. The van der Waals surface area contributed by atoms with Gasteiger partial charge in [0.05, 0.1) is 13.0 Å². The molecule has 0 fully saturated rings. The first-order valence-corrected chi connectivity index (χ1v) is 9.57. The van der Waals surface area contributed by atoms with Crippen LogP contribution in [0.15, 0.2) is 60.2 Å². The number of carbonyl (C=O) groups excluding carboxylic acids is 2. The summed E-state index contributed by atoms with van der Waals surface area (Å²) in [6, 6.07) is 14.0. The van der Waals surface area contributed by atoms with Gasteiger partial charge in [-0.25, -0.2) is 0 Å². The van der Waals surface area contributed by atoms with Crippen molar-refractivity contribution in [3.8, 4) is 0 Å². The molecule has 0 aliphatic rings. The van der Waals surface area contributed by atoms with Crippen LogP contribution in [-0.4, -0.2) is 29.9 Å². The molecule has 1 amide bonds. The van der Waals surface area contributed by atoms with Crippen molar-refractivity contribution in [1.82, 2.24) is 0 Å². The molecule has 0 bridgehead atoms. The number of hydrogen-bond acceptors (Lipinski definition) is 3. The van der Waals surface area contributed by atoms with E-state index in [4.69, 9.17) is 11.6 Å². The molecule has 4 N–H and O–H groups in total. The standard InChI is InChI=1S/C22H25ClN2O3.ClH/c1-15(2)12-22(28)25-19-5-3-4-17(13-19)20(26)10-11-24-14-21(27)16-6-8-18(23)9-7-16;/h3-9,12-13,21,24,27H,10-11,14H2,1-2H3,(H,25,28);1H. The average Bonchev–Trinajstić information content (AvgIpc) is 2.65. The van der Waals surface area contributed by atoms with Crippen molar-refractivity contribution in [1.29, 1.82) is 0 Å². The highest BCUT2D eigenvalue weighted by Crippen LogP contribution is 2.15. The monoisotopic (exact) mass is 436 g/mol. The highest BCUT2D eigenvalue weighted by Gasteiger charge is 2.12. The van der Waals surface area contributed by atoms with Crippen molar-refractivity contribution in [3.05, 3.63) is 76.3 Å². The molecule has 2 aromatic carbocycles. The van der Waals surface area contributed by atoms with Crippen LogP contribution in [0.5, 0.6) is 0 Å². The van der Waals surface area contributed by atoms with E-state index < -0.39 is 6.10 Å². The molecular formula is C22H26Cl2N2O3. The summed E-state index contributed by atoms with van der Waals surface area (Å²) in [7, 11) is 0. The summed E-state index contributed by atoms with van der Waals surface area (Å²) in [6.07, 6.45) is 1.25. The number of rotatable bonds is 9. The van der Waals surface area contributed by atoms with Crippen LogP contribution in [0.4, 0.5) is 5.69 Å². The second-order valence-electron chi connectivity index (χ2n) is 6.85. The Bertz CT molecular complexity index is 847. The van der Waals surface area contributed by atoms with Crippen LogP contribution < -0.4 is 23.0 Å². The van der Waals surface area contributed by atoms with Crippen molar-refractivity contribution in [2.24, 2.45) is 0 Å². The molecule has 0 saturated heterocycles. The lowest BCUT2D eigenvalue weighted by molar-refractivity contribution is -0.660. The summed E-state index contributed by atoms with van der Waals surface area (Å²) < 4.78 is 0. The fourth-order valence-corrected chi connectivity index (χ4v) is 2.81. The number of amides is 1. The van der Waals surface area contributed by atoms with E-state index in [0.717, 1.165) is 11.1 Å². The number of carbonyl (C=O) groups is 2. The lowest BCUT2D eigenvalue weighted by atomic mass is 10.1. The number of allylic oxidation sites excluding steroid dienone is 1. The highest BCUT2D eigenvalue weighted by atomic mass is 35.5. The number of nitrogens with one attached hydrogen (secondary N) is 1. The van der Waals surface area contributed by atoms with Gasteiger partial charge in [0.1, 0.15) is 12.6 Å². The predicted octanol–water partition coefficient (Wildman–Crippen LogP) is 0.119. The maximum atomic E-state index is 12.4. The Morgan fingerprint density at radius 3 is 2.52 bits per heavy atom. The molecular weight excluding hydrogens is 411 g/mol. The molecule has 0 aromatic heterocycles. The Balaban J connectivity index is 0.00000420. The predicted molar refractivity (Wildman–Crippen MR) is 112 cm³/mol. The largest absolute Gasteiger partial charge is 1.00 e. The molecule has 5 nitrogen and oxygen atoms in total. The first-order valence-electron chi connectivity index (χ1n) is 9.19. The second-order valence-corrected chi connectivity index (χ2v) is 7.28. The normalized spacial score (nSPS) is 11.2. The molecule has 156 valence electrons. The number of Topliss-reactive ketones (excluding diaryl/α,β-unsaturated/α-hetero) is 1. The molecule has 29 heavy (non-hydrogen) atoms. The van der Waals surface area contributed by atoms with Crippen molar-refractivity contribution in [2.75, 3.05) is 18.4 Å². The summed E-state index contributed by atoms with van der Waals surface area (Å²) >= 11 is 5.84. The van der Waals surface area contributed by atoms with Gasteiger partial charge in [-0.3, -0.25) is 9.59 Å². The van der Waals surface area contributed by atoms with E-state index in [0.29, 0.717) is 35.8 Å². The minimum absolute atomic E-state index is 0. The van der Waals surface area contributed by atoms with E-state index >= 15 is 0 Å². The molecule has 0 saturated carbocycles. The fourth-order valence-electron chi connectivity index (χ4n) is 2.69. The summed E-state index contributed by atoms with van der Waals surface area (Å²) in [5, 5.41) is 15.5. The van der Waals surface area contributed by atoms with Gasteiger partial charge in [-0.2, -0.15) is 0 Å². The van der Waals surface area contributed by atoms with Crippen molar-refractivity contribution < 1.29 is 32.4 Å². The van der Waals surface area contributed by atoms with Crippen LogP contribution in [0.3, 0.4) is 0 Å². The molecule has 7 heteroatoms. The van der Waals surface area contributed by atoms with E-state index in [1.807, 2.05) is 19.2 Å². The van der Waals surface area contributed by atoms with Crippen molar-refractivity contribution in [3.63, 3.8) is 0 Å². The molecule has 1 unspecified atom stereocenters. The van der Waals surface area contributed by atoms with Crippen LogP contribution in [0.25, 0.3) is 0 Å². The zero-order valence-electron chi connectivity index (χ0n) is 16.5. The Labute approximate surface area is 182 Å². The maximum absolute atomic E-state index is 12.4. The van der Waals surface area contributed by atoms with E-state index in [9.17, 15) is 14.7 Å². The number of hydrogen-bond donors (Lipinski definition) is 3. The van der Waals surface area contributed by atoms with E-state index in [1.165, 1.54) is 6.08 Å². The van der Waals surface area contributed by atoms with Gasteiger partial charge in [0.25, 0.3) is 0 Å². The Morgan fingerprint density at radius 2 is 1.86 bits per heavy atom. The molecule has 0 heterocycles. The Morgan fingerprint density at radius 1 is 1.17 bits per heavy atom. The number of anilines is 1. The SMILES string of the molecule is CC(C)=CC(=O)Nc1cccc(C(=O)CC[NH2+]CC(O)c2ccc(Cl)cc2)c1.[Cl-]. The topological polar surface area (TPSA) is 83.0 Å². The molecule has 0 radical (unpaired) electrons. The van der Waals surface area contributed by atoms with Crippen LogP contribution in [0.2, 0.25) is 5.02 Å². The van der Waals surface area contributed by atoms with Gasteiger partial charge < -0.3 is 28.1 Å². The van der Waals surface area contributed by atoms with Gasteiger partial charge in [-0.05, 0) is 43.7 Å².